The lowest BCUT2D eigenvalue weighted by Crippen LogP contribution is -2.17. The number of fused-ring (bicyclic) bond motifs is 1. The number of nitrogens with zero attached hydrogens (tertiary/aromatic N) is 2. The van der Waals surface area contributed by atoms with E-state index in [0.29, 0.717) is 21.8 Å². The fraction of sp³-hybridized carbons (Fsp3) is 0.238. The number of thiazole rings is 1. The lowest BCUT2D eigenvalue weighted by molar-refractivity contribution is 0.0998. The van der Waals surface area contributed by atoms with E-state index in [9.17, 15) is 13.2 Å². The number of amides is 1. The fourth-order valence-corrected chi connectivity index (χ4v) is 4.92. The molecule has 0 saturated heterocycles. The molecule has 3 rings (SSSR count). The Morgan fingerprint density at radius 2 is 1.77 bits per heavy atom. The molecule has 1 amide bonds. The summed E-state index contributed by atoms with van der Waals surface area (Å²) in [7, 11) is -0.236. The van der Waals surface area contributed by atoms with Crippen LogP contribution < -0.4 is 14.3 Å². The SMILES string of the molecule is C#CCn1c(=NC(=O)c2ccc(S(=O)(=O)CC)cc2)sc2c(OC)ccc(OC)c21. The lowest BCUT2D eigenvalue weighted by Gasteiger charge is -2.08. The van der Waals surface area contributed by atoms with Gasteiger partial charge in [0.15, 0.2) is 14.6 Å². The highest BCUT2D eigenvalue weighted by Crippen LogP contribution is 2.35. The van der Waals surface area contributed by atoms with Gasteiger partial charge in [-0.05, 0) is 36.4 Å². The summed E-state index contributed by atoms with van der Waals surface area (Å²) in [4.78, 5) is 17.5. The first-order valence-electron chi connectivity index (χ1n) is 8.96. The Kier molecular flexibility index (Phi) is 6.29. The van der Waals surface area contributed by atoms with E-state index in [1.807, 2.05) is 0 Å². The minimum absolute atomic E-state index is 0.0117. The predicted molar refractivity (Wildman–Crippen MR) is 116 cm³/mol. The van der Waals surface area contributed by atoms with Crippen molar-refractivity contribution in [3.8, 4) is 23.8 Å². The minimum atomic E-state index is -3.34. The molecule has 2 aromatic carbocycles. The molecule has 9 heteroatoms. The largest absolute Gasteiger partial charge is 0.495 e. The molecule has 0 saturated carbocycles. The molecule has 3 aromatic rings. The van der Waals surface area contributed by atoms with E-state index >= 15 is 0 Å². The van der Waals surface area contributed by atoms with Gasteiger partial charge in [-0.15, -0.1) is 6.42 Å². The van der Waals surface area contributed by atoms with Crippen molar-refractivity contribution < 1.29 is 22.7 Å². The van der Waals surface area contributed by atoms with Gasteiger partial charge >= 0.3 is 0 Å². The number of benzene rings is 2. The molecule has 0 spiro atoms. The first kappa shape index (κ1) is 21.6. The second kappa shape index (κ2) is 8.73. The van der Waals surface area contributed by atoms with Crippen LogP contribution in [0, 0.1) is 12.3 Å². The second-order valence-electron chi connectivity index (χ2n) is 6.17. The lowest BCUT2D eigenvalue weighted by atomic mass is 10.2. The monoisotopic (exact) mass is 444 g/mol. The summed E-state index contributed by atoms with van der Waals surface area (Å²) in [6.45, 7) is 1.75. The van der Waals surface area contributed by atoms with Crippen LogP contribution in [0.4, 0.5) is 0 Å². The van der Waals surface area contributed by atoms with E-state index in [4.69, 9.17) is 15.9 Å². The van der Waals surface area contributed by atoms with E-state index in [1.165, 1.54) is 35.6 Å². The third-order valence-electron chi connectivity index (χ3n) is 4.48. The molecule has 0 N–H and O–H groups in total. The Labute approximate surface area is 178 Å². The van der Waals surface area contributed by atoms with Crippen LogP contribution in [0.15, 0.2) is 46.3 Å². The average Bonchev–Trinajstić information content (AvgIpc) is 3.11. The van der Waals surface area contributed by atoms with E-state index in [0.717, 1.165) is 4.70 Å². The zero-order valence-corrected chi connectivity index (χ0v) is 18.3. The molecule has 0 atom stereocenters. The predicted octanol–water partition coefficient (Wildman–Crippen LogP) is 2.89. The number of carbonyl (C=O) groups excluding carboxylic acids is 1. The Morgan fingerprint density at radius 3 is 2.33 bits per heavy atom. The Bertz CT molecular complexity index is 1310. The summed E-state index contributed by atoms with van der Waals surface area (Å²) < 4.78 is 37.3. The number of aromatic nitrogens is 1. The Morgan fingerprint density at radius 1 is 1.13 bits per heavy atom. The van der Waals surface area contributed by atoms with Crippen molar-refractivity contribution in [3.05, 3.63) is 46.8 Å². The third-order valence-corrected chi connectivity index (χ3v) is 7.32. The number of sulfone groups is 1. The first-order valence-corrected chi connectivity index (χ1v) is 11.4. The van der Waals surface area contributed by atoms with E-state index in [1.54, 1.807) is 37.8 Å². The fourth-order valence-electron chi connectivity index (χ4n) is 2.90. The molecular formula is C21H20N2O5S2. The summed E-state index contributed by atoms with van der Waals surface area (Å²) in [5.41, 5.74) is 0.962. The van der Waals surface area contributed by atoms with Crippen LogP contribution in [0.25, 0.3) is 10.2 Å². The van der Waals surface area contributed by atoms with Crippen LogP contribution >= 0.6 is 11.3 Å². The van der Waals surface area contributed by atoms with E-state index in [-0.39, 0.29) is 22.8 Å². The van der Waals surface area contributed by atoms with Gasteiger partial charge in [-0.3, -0.25) is 4.79 Å². The Hall–Kier alpha value is -3.09. The third kappa shape index (κ3) is 3.97. The summed E-state index contributed by atoms with van der Waals surface area (Å²) in [6, 6.07) is 9.26. The summed E-state index contributed by atoms with van der Waals surface area (Å²) in [5.74, 6) is 3.25. The second-order valence-corrected chi connectivity index (χ2v) is 9.42. The highest BCUT2D eigenvalue weighted by atomic mass is 32.2. The standard InChI is InChI=1S/C21H20N2O5S2/c1-5-13-23-18-16(27-3)11-12-17(28-4)19(18)29-21(23)22-20(24)14-7-9-15(10-8-14)30(25,26)6-2/h1,7-12H,6,13H2,2-4H3. The van der Waals surface area contributed by atoms with Crippen LogP contribution in [-0.4, -0.2) is 38.9 Å². The molecule has 0 fully saturated rings. The van der Waals surface area contributed by atoms with Crippen molar-refractivity contribution in [1.29, 1.82) is 0 Å². The summed E-state index contributed by atoms with van der Waals surface area (Å²) in [6.07, 6.45) is 5.53. The molecule has 7 nitrogen and oxygen atoms in total. The van der Waals surface area contributed by atoms with Gasteiger partial charge in [0.05, 0.1) is 31.4 Å². The molecule has 0 aliphatic rings. The van der Waals surface area contributed by atoms with Gasteiger partial charge in [-0.2, -0.15) is 4.99 Å². The number of methoxy groups -OCH3 is 2. The van der Waals surface area contributed by atoms with Gasteiger partial charge in [0.25, 0.3) is 5.91 Å². The molecular weight excluding hydrogens is 424 g/mol. The van der Waals surface area contributed by atoms with E-state index < -0.39 is 15.7 Å². The highest BCUT2D eigenvalue weighted by Gasteiger charge is 2.17. The van der Waals surface area contributed by atoms with Crippen LogP contribution in [0.3, 0.4) is 0 Å². The van der Waals surface area contributed by atoms with Gasteiger partial charge in [0.2, 0.25) is 0 Å². The molecule has 0 unspecified atom stereocenters. The van der Waals surface area contributed by atoms with Crippen LogP contribution in [0.2, 0.25) is 0 Å². The molecule has 0 aliphatic carbocycles. The Balaban J connectivity index is 2.15. The number of carbonyl (C=O) groups is 1. The molecule has 0 radical (unpaired) electrons. The maximum absolute atomic E-state index is 12.7. The number of rotatable bonds is 6. The smallest absolute Gasteiger partial charge is 0.279 e. The van der Waals surface area contributed by atoms with Crippen LogP contribution in [0.1, 0.15) is 17.3 Å². The normalized spacial score (nSPS) is 12.0. The maximum Gasteiger partial charge on any atom is 0.279 e. The average molecular weight is 445 g/mol. The van der Waals surface area contributed by atoms with Crippen LogP contribution in [-0.2, 0) is 16.4 Å². The van der Waals surface area contributed by atoms with Gasteiger partial charge in [-0.1, -0.05) is 24.2 Å². The number of terminal acetylenes is 1. The highest BCUT2D eigenvalue weighted by molar-refractivity contribution is 7.91. The molecule has 0 aliphatic heterocycles. The quantitative estimate of drug-likeness (QED) is 0.546. The topological polar surface area (TPSA) is 87.0 Å². The minimum Gasteiger partial charge on any atom is -0.495 e. The van der Waals surface area contributed by atoms with E-state index in [2.05, 4.69) is 10.9 Å². The number of hydrogen-bond donors (Lipinski definition) is 0. The summed E-state index contributed by atoms with van der Waals surface area (Å²) in [5, 5.41) is 0. The molecule has 1 aromatic heterocycles. The molecule has 0 bridgehead atoms. The van der Waals surface area contributed by atoms with Gasteiger partial charge in [0, 0.05) is 5.56 Å². The van der Waals surface area contributed by atoms with Crippen molar-refractivity contribution in [1.82, 2.24) is 4.57 Å². The van der Waals surface area contributed by atoms with Gasteiger partial charge in [0.1, 0.15) is 21.7 Å². The zero-order chi connectivity index (χ0) is 21.9. The maximum atomic E-state index is 12.7. The van der Waals surface area contributed by atoms with Crippen molar-refractivity contribution in [3.63, 3.8) is 0 Å². The zero-order valence-electron chi connectivity index (χ0n) is 16.7. The number of hydrogen-bond acceptors (Lipinski definition) is 6. The first-order chi connectivity index (χ1) is 14.4. The van der Waals surface area contributed by atoms with Crippen molar-refractivity contribution in [2.75, 3.05) is 20.0 Å². The van der Waals surface area contributed by atoms with Crippen molar-refractivity contribution >= 4 is 37.3 Å². The molecule has 156 valence electrons. The molecule has 1 heterocycles. The van der Waals surface area contributed by atoms with Gasteiger partial charge in [-0.25, -0.2) is 8.42 Å². The number of ether oxygens (including phenoxy) is 2. The summed E-state index contributed by atoms with van der Waals surface area (Å²) >= 11 is 1.26. The van der Waals surface area contributed by atoms with Gasteiger partial charge < -0.3 is 14.0 Å². The van der Waals surface area contributed by atoms with Crippen molar-refractivity contribution in [2.45, 2.75) is 18.4 Å². The molecule has 30 heavy (non-hydrogen) atoms. The van der Waals surface area contributed by atoms with Crippen molar-refractivity contribution in [2.24, 2.45) is 4.99 Å². The van der Waals surface area contributed by atoms with Crippen LogP contribution in [0.5, 0.6) is 11.5 Å².